The van der Waals surface area contributed by atoms with Gasteiger partial charge in [-0.2, -0.15) is 0 Å². The molecule has 0 spiro atoms. The predicted molar refractivity (Wildman–Crippen MR) is 64.2 cm³/mol. The summed E-state index contributed by atoms with van der Waals surface area (Å²) in [7, 11) is 0. The maximum atomic E-state index is 4.04. The summed E-state index contributed by atoms with van der Waals surface area (Å²) in [5, 5.41) is 12.4. The highest BCUT2D eigenvalue weighted by molar-refractivity contribution is 7.13. The summed E-state index contributed by atoms with van der Waals surface area (Å²) in [6.45, 7) is 2.31. The Kier molecular flexibility index (Phi) is 3.94. The fraction of sp³-hybridized carbons (Fsp3) is 0.818. The predicted octanol–water partition coefficient (Wildman–Crippen LogP) is 3.31. The van der Waals surface area contributed by atoms with Crippen molar-refractivity contribution in [3.8, 4) is 0 Å². The molecule has 4 heteroatoms. The molecule has 0 radical (unpaired) electrons. The lowest BCUT2D eigenvalue weighted by atomic mass is 9.98. The minimum atomic E-state index is 0.620. The van der Waals surface area contributed by atoms with E-state index in [1.807, 2.05) is 0 Å². The molecule has 1 heterocycles. The van der Waals surface area contributed by atoms with E-state index in [1.165, 1.54) is 38.5 Å². The van der Waals surface area contributed by atoms with Gasteiger partial charge in [-0.25, -0.2) is 0 Å². The van der Waals surface area contributed by atoms with Gasteiger partial charge in [-0.3, -0.25) is 0 Å². The first kappa shape index (κ1) is 10.9. The van der Waals surface area contributed by atoms with Gasteiger partial charge in [-0.1, -0.05) is 37.5 Å². The molecule has 1 aromatic heterocycles. The first-order valence-electron chi connectivity index (χ1n) is 5.91. The zero-order valence-electron chi connectivity index (χ0n) is 9.28. The summed E-state index contributed by atoms with van der Waals surface area (Å²) in [6.07, 6.45) is 8.05. The Morgan fingerprint density at radius 2 is 2.33 bits per heavy atom. The maximum absolute atomic E-state index is 4.04. The van der Waals surface area contributed by atoms with E-state index in [9.17, 15) is 0 Å². The van der Waals surface area contributed by atoms with Crippen molar-refractivity contribution in [3.63, 3.8) is 0 Å². The van der Waals surface area contributed by atoms with E-state index in [-0.39, 0.29) is 0 Å². The topological polar surface area (TPSA) is 37.8 Å². The highest BCUT2D eigenvalue weighted by atomic mass is 32.1. The third-order valence-electron chi connectivity index (χ3n) is 3.35. The van der Waals surface area contributed by atoms with E-state index >= 15 is 0 Å². The lowest BCUT2D eigenvalue weighted by Crippen LogP contribution is -2.18. The fourth-order valence-electron chi connectivity index (χ4n) is 2.34. The zero-order valence-corrected chi connectivity index (χ0v) is 10.1. The molecule has 15 heavy (non-hydrogen) atoms. The van der Waals surface area contributed by atoms with Crippen LogP contribution in [-0.4, -0.2) is 16.2 Å². The third-order valence-corrected chi connectivity index (χ3v) is 3.98. The molecule has 84 valence electrons. The molecular weight excluding hydrogens is 206 g/mol. The second kappa shape index (κ2) is 5.45. The van der Waals surface area contributed by atoms with E-state index in [0.29, 0.717) is 6.04 Å². The molecule has 1 N–H and O–H groups in total. The van der Waals surface area contributed by atoms with E-state index in [4.69, 9.17) is 0 Å². The third kappa shape index (κ3) is 3.16. The van der Waals surface area contributed by atoms with Crippen LogP contribution in [0.25, 0.3) is 0 Å². The summed E-state index contributed by atoms with van der Waals surface area (Å²) in [6, 6.07) is 0.620. The Balaban J connectivity index is 1.83. The molecule has 2 atom stereocenters. The number of nitrogens with zero attached hydrogens (tertiary/aromatic N) is 2. The summed E-state index contributed by atoms with van der Waals surface area (Å²) in [5.74, 6) is 0.950. The molecule has 0 aromatic carbocycles. The molecule has 1 aromatic rings. The van der Waals surface area contributed by atoms with Crippen molar-refractivity contribution in [2.45, 2.75) is 51.5 Å². The van der Waals surface area contributed by atoms with Crippen LogP contribution in [0, 0.1) is 5.92 Å². The minimum Gasteiger partial charge on any atom is -0.357 e. The first-order chi connectivity index (χ1) is 7.38. The molecule has 2 rings (SSSR count). The van der Waals surface area contributed by atoms with Crippen LogP contribution in [0.1, 0.15) is 45.4 Å². The van der Waals surface area contributed by atoms with E-state index < -0.39 is 0 Å². The van der Waals surface area contributed by atoms with Gasteiger partial charge in [-0.05, 0) is 25.2 Å². The molecule has 1 aliphatic carbocycles. The molecular formula is C11H19N3S. The Morgan fingerprint density at radius 3 is 3.07 bits per heavy atom. The monoisotopic (exact) mass is 225 g/mol. The number of hydrogen-bond acceptors (Lipinski definition) is 4. The van der Waals surface area contributed by atoms with Crippen molar-refractivity contribution in [2.75, 3.05) is 5.32 Å². The van der Waals surface area contributed by atoms with Crippen molar-refractivity contribution in [2.24, 2.45) is 5.92 Å². The number of aromatic nitrogens is 2. The van der Waals surface area contributed by atoms with Crippen molar-refractivity contribution in [1.29, 1.82) is 0 Å². The van der Waals surface area contributed by atoms with Crippen LogP contribution in [0.2, 0.25) is 0 Å². The van der Waals surface area contributed by atoms with Gasteiger partial charge in [0.1, 0.15) is 5.51 Å². The van der Waals surface area contributed by atoms with Crippen LogP contribution in [-0.2, 0) is 0 Å². The lowest BCUT2D eigenvalue weighted by Gasteiger charge is -2.15. The van der Waals surface area contributed by atoms with Gasteiger partial charge in [0.25, 0.3) is 0 Å². The molecule has 0 saturated heterocycles. The summed E-state index contributed by atoms with van der Waals surface area (Å²) < 4.78 is 0. The van der Waals surface area contributed by atoms with Crippen LogP contribution < -0.4 is 5.32 Å². The second-order valence-electron chi connectivity index (χ2n) is 4.37. The quantitative estimate of drug-likeness (QED) is 0.802. The van der Waals surface area contributed by atoms with Crippen LogP contribution >= 0.6 is 11.3 Å². The van der Waals surface area contributed by atoms with Crippen molar-refractivity contribution in [1.82, 2.24) is 10.2 Å². The van der Waals surface area contributed by atoms with Crippen molar-refractivity contribution in [3.05, 3.63) is 5.51 Å². The normalized spacial score (nSPS) is 27.3. The summed E-state index contributed by atoms with van der Waals surface area (Å²) >= 11 is 1.60. The van der Waals surface area contributed by atoms with Gasteiger partial charge >= 0.3 is 0 Å². The smallest absolute Gasteiger partial charge is 0.205 e. The Hall–Kier alpha value is -0.640. The van der Waals surface area contributed by atoms with Gasteiger partial charge in [0.05, 0.1) is 0 Å². The van der Waals surface area contributed by atoms with Gasteiger partial charge in [0, 0.05) is 6.04 Å². The molecule has 3 nitrogen and oxygen atoms in total. The van der Waals surface area contributed by atoms with Crippen molar-refractivity contribution >= 4 is 16.5 Å². The summed E-state index contributed by atoms with van der Waals surface area (Å²) in [4.78, 5) is 0. The number of rotatable bonds is 3. The molecule has 2 unspecified atom stereocenters. The zero-order chi connectivity index (χ0) is 10.5. The van der Waals surface area contributed by atoms with E-state index in [2.05, 4.69) is 22.4 Å². The van der Waals surface area contributed by atoms with Crippen LogP contribution in [0.5, 0.6) is 0 Å². The van der Waals surface area contributed by atoms with Gasteiger partial charge in [0.15, 0.2) is 0 Å². The molecule has 0 aliphatic heterocycles. The number of hydrogen-bond donors (Lipinski definition) is 1. The average molecular weight is 225 g/mol. The van der Waals surface area contributed by atoms with E-state index in [1.54, 1.807) is 16.8 Å². The Morgan fingerprint density at radius 1 is 1.40 bits per heavy atom. The van der Waals surface area contributed by atoms with E-state index in [0.717, 1.165) is 11.0 Å². The molecule has 0 amide bonds. The molecule has 0 bridgehead atoms. The van der Waals surface area contributed by atoms with Crippen molar-refractivity contribution < 1.29 is 0 Å². The number of anilines is 1. The maximum Gasteiger partial charge on any atom is 0.205 e. The largest absolute Gasteiger partial charge is 0.357 e. The van der Waals surface area contributed by atoms with Crippen LogP contribution in [0.15, 0.2) is 5.51 Å². The minimum absolute atomic E-state index is 0.620. The second-order valence-corrected chi connectivity index (χ2v) is 5.20. The first-order valence-corrected chi connectivity index (χ1v) is 6.79. The van der Waals surface area contributed by atoms with Gasteiger partial charge in [0.2, 0.25) is 5.13 Å². The standard InChI is InChI=1S/C11H19N3S/c1-2-9-4-3-5-10(7-6-9)13-11-14-12-8-15-11/h8-10H,2-7H2,1H3,(H,13,14). The Bertz CT molecular complexity index is 273. The van der Waals surface area contributed by atoms with Crippen LogP contribution in [0.3, 0.4) is 0 Å². The van der Waals surface area contributed by atoms with Gasteiger partial charge in [-0.15, -0.1) is 10.2 Å². The number of nitrogens with one attached hydrogen (secondary N) is 1. The highest BCUT2D eigenvalue weighted by Crippen LogP contribution is 2.27. The van der Waals surface area contributed by atoms with Gasteiger partial charge < -0.3 is 5.32 Å². The molecule has 1 aliphatic rings. The average Bonchev–Trinajstić information content (AvgIpc) is 2.64. The Labute approximate surface area is 95.3 Å². The SMILES string of the molecule is CCC1CCCC(Nc2nncs2)CC1. The molecule has 1 fully saturated rings. The van der Waals surface area contributed by atoms with Crippen LogP contribution in [0.4, 0.5) is 5.13 Å². The highest BCUT2D eigenvalue weighted by Gasteiger charge is 2.18. The molecule has 1 saturated carbocycles. The fourth-order valence-corrected chi connectivity index (χ4v) is 2.86. The lowest BCUT2D eigenvalue weighted by molar-refractivity contribution is 0.444. The summed E-state index contributed by atoms with van der Waals surface area (Å²) in [5.41, 5.74) is 1.79.